The van der Waals surface area contributed by atoms with E-state index in [1.807, 2.05) is 6.07 Å². The van der Waals surface area contributed by atoms with Crippen molar-refractivity contribution >= 4 is 31.8 Å². The molecule has 26 heavy (non-hydrogen) atoms. The number of benzene rings is 1. The maximum atomic E-state index is 12.5. The lowest BCUT2D eigenvalue weighted by atomic mass is 10.2. The van der Waals surface area contributed by atoms with Gasteiger partial charge in [-0.15, -0.1) is 0 Å². The molecule has 9 heteroatoms. The zero-order valence-corrected chi connectivity index (χ0v) is 16.7. The number of rotatable bonds is 6. The second kappa shape index (κ2) is 8.34. The lowest BCUT2D eigenvalue weighted by Crippen LogP contribution is -2.36. The van der Waals surface area contributed by atoms with Gasteiger partial charge in [-0.1, -0.05) is 0 Å². The van der Waals surface area contributed by atoms with Crippen LogP contribution < -0.4 is 14.4 Å². The van der Waals surface area contributed by atoms with Crippen molar-refractivity contribution in [3.05, 3.63) is 46.6 Å². The highest BCUT2D eigenvalue weighted by molar-refractivity contribution is 9.10. The topological polar surface area (TPSA) is 80.8 Å². The summed E-state index contributed by atoms with van der Waals surface area (Å²) in [7, 11) is -2.10. The van der Waals surface area contributed by atoms with E-state index in [-0.39, 0.29) is 11.4 Å². The Morgan fingerprint density at radius 1 is 1.27 bits per heavy atom. The van der Waals surface area contributed by atoms with E-state index in [0.29, 0.717) is 23.4 Å². The minimum absolute atomic E-state index is 0.174. The Labute approximate surface area is 161 Å². The molecule has 0 unspecified atom stereocenters. The van der Waals surface area contributed by atoms with Gasteiger partial charge in [0.05, 0.1) is 29.7 Å². The lowest BCUT2D eigenvalue weighted by Gasteiger charge is -2.28. The molecule has 0 atom stereocenters. The Balaban J connectivity index is 1.70. The second-order valence-corrected chi connectivity index (χ2v) is 8.36. The van der Waals surface area contributed by atoms with Gasteiger partial charge in [-0.25, -0.2) is 18.1 Å². The number of sulfonamides is 1. The third-order valence-electron chi connectivity index (χ3n) is 4.04. The summed E-state index contributed by atoms with van der Waals surface area (Å²) in [5, 5.41) is 0. The van der Waals surface area contributed by atoms with Gasteiger partial charge in [0.2, 0.25) is 10.0 Å². The average molecular weight is 442 g/mol. The first kappa shape index (κ1) is 19.1. The number of methoxy groups -OCH3 is 1. The van der Waals surface area contributed by atoms with E-state index in [4.69, 9.17) is 9.47 Å². The minimum Gasteiger partial charge on any atom is -0.496 e. The van der Waals surface area contributed by atoms with Crippen molar-refractivity contribution in [1.82, 2.24) is 9.71 Å². The molecule has 0 spiro atoms. The van der Waals surface area contributed by atoms with Crippen LogP contribution in [-0.4, -0.2) is 46.8 Å². The van der Waals surface area contributed by atoms with Crippen molar-refractivity contribution in [3.8, 4) is 5.75 Å². The van der Waals surface area contributed by atoms with Crippen LogP contribution in [0.5, 0.6) is 5.75 Å². The molecule has 0 bridgehead atoms. The van der Waals surface area contributed by atoms with Crippen LogP contribution in [0.3, 0.4) is 0 Å². The highest BCUT2D eigenvalue weighted by Crippen LogP contribution is 2.27. The third-order valence-corrected chi connectivity index (χ3v) is 6.06. The summed E-state index contributed by atoms with van der Waals surface area (Å²) in [4.78, 5) is 6.67. The van der Waals surface area contributed by atoms with E-state index in [1.54, 1.807) is 18.3 Å². The van der Waals surface area contributed by atoms with Crippen molar-refractivity contribution in [2.24, 2.45) is 0 Å². The van der Waals surface area contributed by atoms with Gasteiger partial charge >= 0.3 is 0 Å². The Morgan fingerprint density at radius 3 is 2.73 bits per heavy atom. The maximum absolute atomic E-state index is 12.5. The minimum atomic E-state index is -3.63. The van der Waals surface area contributed by atoms with Crippen molar-refractivity contribution < 1.29 is 17.9 Å². The van der Waals surface area contributed by atoms with Crippen LogP contribution in [0.2, 0.25) is 0 Å². The molecule has 0 amide bonds. The van der Waals surface area contributed by atoms with Gasteiger partial charge in [-0.05, 0) is 51.8 Å². The summed E-state index contributed by atoms with van der Waals surface area (Å²) >= 11 is 3.31. The fourth-order valence-electron chi connectivity index (χ4n) is 2.61. The average Bonchev–Trinajstić information content (AvgIpc) is 2.67. The Hall–Kier alpha value is -1.68. The van der Waals surface area contributed by atoms with Crippen molar-refractivity contribution in [2.75, 3.05) is 38.3 Å². The Morgan fingerprint density at radius 2 is 2.04 bits per heavy atom. The molecular weight excluding hydrogens is 422 g/mol. The summed E-state index contributed by atoms with van der Waals surface area (Å²) in [6, 6.07) is 8.35. The third kappa shape index (κ3) is 4.53. The highest BCUT2D eigenvalue weighted by atomic mass is 79.9. The normalized spacial score (nSPS) is 15.1. The van der Waals surface area contributed by atoms with Crippen LogP contribution in [0.15, 0.2) is 45.9 Å². The molecule has 1 aliphatic rings. The first-order chi connectivity index (χ1) is 12.5. The monoisotopic (exact) mass is 441 g/mol. The summed E-state index contributed by atoms with van der Waals surface area (Å²) in [6.45, 7) is 3.09. The van der Waals surface area contributed by atoms with E-state index in [0.717, 1.165) is 24.5 Å². The fraction of sp³-hybridized carbons (Fsp3) is 0.353. The summed E-state index contributed by atoms with van der Waals surface area (Å²) in [6.07, 6.45) is 1.69. The van der Waals surface area contributed by atoms with Crippen molar-refractivity contribution in [1.29, 1.82) is 0 Å². The molecule has 1 aromatic heterocycles. The molecule has 3 rings (SSSR count). The van der Waals surface area contributed by atoms with E-state index < -0.39 is 10.0 Å². The van der Waals surface area contributed by atoms with E-state index >= 15 is 0 Å². The van der Waals surface area contributed by atoms with E-state index in [9.17, 15) is 8.42 Å². The molecule has 1 saturated heterocycles. The number of ether oxygens (including phenoxy) is 2. The molecule has 1 aromatic carbocycles. The first-order valence-corrected chi connectivity index (χ1v) is 10.4. The number of hydrogen-bond acceptors (Lipinski definition) is 6. The van der Waals surface area contributed by atoms with Crippen LogP contribution >= 0.6 is 15.9 Å². The van der Waals surface area contributed by atoms with Crippen LogP contribution in [0.4, 0.5) is 5.82 Å². The first-order valence-electron chi connectivity index (χ1n) is 8.10. The second-order valence-electron chi connectivity index (χ2n) is 5.74. The van der Waals surface area contributed by atoms with Gasteiger partial charge in [-0.3, -0.25) is 0 Å². The SMILES string of the molecule is COc1ccc(S(=O)(=O)NCc2ccnc(N3CCOCC3)c2)cc1Br. The molecule has 7 nitrogen and oxygen atoms in total. The van der Waals surface area contributed by atoms with Gasteiger partial charge in [0.15, 0.2) is 0 Å². The number of hydrogen-bond donors (Lipinski definition) is 1. The van der Waals surface area contributed by atoms with Gasteiger partial charge in [0, 0.05) is 25.8 Å². The number of anilines is 1. The molecule has 1 aliphatic heterocycles. The summed E-state index contributed by atoms with van der Waals surface area (Å²) in [5.74, 6) is 1.41. The quantitative estimate of drug-likeness (QED) is 0.739. The van der Waals surface area contributed by atoms with Crippen LogP contribution in [0, 0.1) is 0 Å². The molecule has 2 aromatic rings. The predicted molar refractivity (Wildman–Crippen MR) is 102 cm³/mol. The molecule has 0 radical (unpaired) electrons. The zero-order chi connectivity index (χ0) is 18.6. The summed E-state index contributed by atoms with van der Waals surface area (Å²) in [5.41, 5.74) is 0.845. The van der Waals surface area contributed by atoms with E-state index in [2.05, 4.69) is 30.5 Å². The summed E-state index contributed by atoms with van der Waals surface area (Å²) < 4.78 is 38.7. The molecule has 2 heterocycles. The number of nitrogens with one attached hydrogen (secondary N) is 1. The molecular formula is C17H20BrN3O4S. The van der Waals surface area contributed by atoms with Crippen LogP contribution in [-0.2, 0) is 21.3 Å². The molecule has 0 aliphatic carbocycles. The highest BCUT2D eigenvalue weighted by Gasteiger charge is 2.17. The largest absolute Gasteiger partial charge is 0.496 e. The lowest BCUT2D eigenvalue weighted by molar-refractivity contribution is 0.122. The number of morpholine rings is 1. The number of halogens is 1. The zero-order valence-electron chi connectivity index (χ0n) is 14.3. The van der Waals surface area contributed by atoms with Gasteiger partial charge < -0.3 is 14.4 Å². The number of nitrogens with zero attached hydrogens (tertiary/aromatic N) is 2. The number of aromatic nitrogens is 1. The molecule has 0 saturated carbocycles. The fourth-order valence-corrected chi connectivity index (χ4v) is 4.35. The predicted octanol–water partition coefficient (Wildman–Crippen LogP) is 2.17. The molecule has 1 N–H and O–H groups in total. The van der Waals surface area contributed by atoms with E-state index in [1.165, 1.54) is 19.2 Å². The smallest absolute Gasteiger partial charge is 0.240 e. The van der Waals surface area contributed by atoms with Gasteiger partial charge in [0.1, 0.15) is 11.6 Å². The van der Waals surface area contributed by atoms with Crippen molar-refractivity contribution in [3.63, 3.8) is 0 Å². The Kier molecular flexibility index (Phi) is 6.13. The van der Waals surface area contributed by atoms with Crippen LogP contribution in [0.25, 0.3) is 0 Å². The molecule has 1 fully saturated rings. The standard InChI is InChI=1S/C17H20BrN3O4S/c1-24-16-3-2-14(11-15(16)18)26(22,23)20-12-13-4-5-19-17(10-13)21-6-8-25-9-7-21/h2-5,10-11,20H,6-9,12H2,1H3. The number of pyridine rings is 1. The molecule has 140 valence electrons. The van der Waals surface area contributed by atoms with Gasteiger partial charge in [-0.2, -0.15) is 0 Å². The maximum Gasteiger partial charge on any atom is 0.240 e. The van der Waals surface area contributed by atoms with Gasteiger partial charge in [0.25, 0.3) is 0 Å². The Bertz CT molecular complexity index is 870. The van der Waals surface area contributed by atoms with Crippen molar-refractivity contribution in [2.45, 2.75) is 11.4 Å². The van der Waals surface area contributed by atoms with Crippen LogP contribution in [0.1, 0.15) is 5.56 Å².